The zero-order valence-electron chi connectivity index (χ0n) is 10.7. The summed E-state index contributed by atoms with van der Waals surface area (Å²) in [5.74, 6) is -0.574. The fourth-order valence-electron chi connectivity index (χ4n) is 1.17. The van der Waals surface area contributed by atoms with Gasteiger partial charge in [0.05, 0.1) is 6.61 Å². The second-order valence-corrected chi connectivity index (χ2v) is 5.44. The number of carbonyl (C=O) groups excluding carboxylic acids is 1. The molecule has 0 heterocycles. The maximum Gasteiger partial charge on any atom is 0.333 e. The summed E-state index contributed by atoms with van der Waals surface area (Å²) < 4.78 is 21.5. The van der Waals surface area contributed by atoms with E-state index in [2.05, 4.69) is 6.58 Å². The van der Waals surface area contributed by atoms with E-state index >= 15 is 0 Å². The van der Waals surface area contributed by atoms with Crippen molar-refractivity contribution in [3.63, 3.8) is 0 Å². The number of esters is 1. The van der Waals surface area contributed by atoms with E-state index in [4.69, 9.17) is 9.26 Å². The van der Waals surface area contributed by atoms with Gasteiger partial charge in [-0.3, -0.25) is 4.57 Å². The predicted molar refractivity (Wildman–Crippen MR) is 72.8 cm³/mol. The molecule has 2 atom stereocenters. The van der Waals surface area contributed by atoms with Crippen molar-refractivity contribution in [2.24, 2.45) is 0 Å². The average molecular weight is 284 g/mol. The second kappa shape index (κ2) is 7.89. The van der Waals surface area contributed by atoms with E-state index in [0.29, 0.717) is 5.30 Å². The summed E-state index contributed by atoms with van der Waals surface area (Å²) in [6.07, 6.45) is -1.01. The van der Waals surface area contributed by atoms with Crippen molar-refractivity contribution < 1.29 is 23.7 Å². The van der Waals surface area contributed by atoms with E-state index in [1.807, 2.05) is 6.07 Å². The monoisotopic (exact) mass is 284 g/mol. The highest BCUT2D eigenvalue weighted by atomic mass is 31.1. The van der Waals surface area contributed by atoms with E-state index in [0.717, 1.165) is 0 Å². The van der Waals surface area contributed by atoms with Gasteiger partial charge < -0.3 is 14.4 Å². The molecule has 6 heteroatoms. The molecule has 2 unspecified atom stereocenters. The van der Waals surface area contributed by atoms with Crippen molar-refractivity contribution >= 4 is 19.3 Å². The van der Waals surface area contributed by atoms with Gasteiger partial charge in [-0.05, 0) is 19.1 Å². The summed E-state index contributed by atoms with van der Waals surface area (Å²) in [5, 5.41) is 10.1. The van der Waals surface area contributed by atoms with Gasteiger partial charge in [0.2, 0.25) is 8.03 Å². The fourth-order valence-corrected chi connectivity index (χ4v) is 2.15. The molecule has 0 saturated heterocycles. The number of aliphatic hydroxyl groups excluding tert-OH is 1. The zero-order valence-corrected chi connectivity index (χ0v) is 11.7. The summed E-state index contributed by atoms with van der Waals surface area (Å²) in [6.45, 7) is 4.56. The molecule has 0 saturated carbocycles. The fraction of sp³-hybridized carbons (Fsp3) is 0.308. The third-order valence-electron chi connectivity index (χ3n) is 2.17. The van der Waals surface area contributed by atoms with Crippen LogP contribution in [0.5, 0.6) is 0 Å². The maximum absolute atomic E-state index is 11.7. The molecule has 0 amide bonds. The summed E-state index contributed by atoms with van der Waals surface area (Å²) in [5.41, 5.74) is 0.256. The minimum Gasteiger partial charge on any atom is -0.460 e. The first kappa shape index (κ1) is 15.6. The molecule has 1 N–H and O–H groups in total. The van der Waals surface area contributed by atoms with Crippen LogP contribution in [0.2, 0.25) is 0 Å². The molecule has 1 aromatic rings. The molecule has 104 valence electrons. The van der Waals surface area contributed by atoms with Gasteiger partial charge in [-0.2, -0.15) is 0 Å². The van der Waals surface area contributed by atoms with Crippen molar-refractivity contribution in [3.8, 4) is 0 Å². The quantitative estimate of drug-likeness (QED) is 0.464. The van der Waals surface area contributed by atoms with Crippen LogP contribution >= 0.6 is 8.03 Å². The first-order valence-electron chi connectivity index (χ1n) is 5.73. The second-order valence-electron chi connectivity index (χ2n) is 4.00. The Labute approximate surface area is 112 Å². The van der Waals surface area contributed by atoms with Gasteiger partial charge in [0, 0.05) is 10.9 Å². The SMILES string of the molecule is C=C(C)C(=O)OCC(O)CO[PH](=O)c1ccccc1. The van der Waals surface area contributed by atoms with E-state index in [-0.39, 0.29) is 18.8 Å². The molecule has 0 aliphatic carbocycles. The third-order valence-corrected chi connectivity index (χ3v) is 3.41. The van der Waals surface area contributed by atoms with Crippen LogP contribution in [0.3, 0.4) is 0 Å². The Morgan fingerprint density at radius 2 is 2.00 bits per heavy atom. The molecule has 1 aromatic carbocycles. The lowest BCUT2D eigenvalue weighted by molar-refractivity contribution is -0.142. The average Bonchev–Trinajstić information content (AvgIpc) is 2.42. The van der Waals surface area contributed by atoms with Crippen LogP contribution in [0.1, 0.15) is 6.92 Å². The number of hydrogen-bond acceptors (Lipinski definition) is 5. The van der Waals surface area contributed by atoms with Gasteiger partial charge in [-0.25, -0.2) is 4.79 Å². The van der Waals surface area contributed by atoms with E-state index < -0.39 is 20.1 Å². The van der Waals surface area contributed by atoms with Crippen LogP contribution in [0.4, 0.5) is 0 Å². The maximum atomic E-state index is 11.7. The summed E-state index contributed by atoms with van der Waals surface area (Å²) in [4.78, 5) is 11.1. The van der Waals surface area contributed by atoms with Crippen LogP contribution in [0.25, 0.3) is 0 Å². The first-order chi connectivity index (χ1) is 9.00. The molecular formula is C13H17O5P. The topological polar surface area (TPSA) is 72.8 Å². The number of benzene rings is 1. The van der Waals surface area contributed by atoms with E-state index in [9.17, 15) is 14.5 Å². The van der Waals surface area contributed by atoms with Crippen molar-refractivity contribution in [1.29, 1.82) is 0 Å². The molecule has 19 heavy (non-hydrogen) atoms. The lowest BCUT2D eigenvalue weighted by Gasteiger charge is -2.11. The Morgan fingerprint density at radius 3 is 2.58 bits per heavy atom. The standard InChI is InChI=1S/C13H17O5P/c1-10(2)13(15)17-8-11(14)9-18-19(16)12-6-4-3-5-7-12/h3-7,11,14,19H,1,8-9H2,2H3. The van der Waals surface area contributed by atoms with Gasteiger partial charge in [0.1, 0.15) is 12.7 Å². The molecule has 0 radical (unpaired) electrons. The van der Waals surface area contributed by atoms with Gasteiger partial charge in [0.25, 0.3) is 0 Å². The summed E-state index contributed by atoms with van der Waals surface area (Å²) in [6, 6.07) is 8.70. The lowest BCUT2D eigenvalue weighted by atomic mass is 10.3. The summed E-state index contributed by atoms with van der Waals surface area (Å²) >= 11 is 0. The zero-order chi connectivity index (χ0) is 14.3. The van der Waals surface area contributed by atoms with Crippen LogP contribution in [0, 0.1) is 0 Å². The van der Waals surface area contributed by atoms with Gasteiger partial charge in [0.15, 0.2) is 0 Å². The van der Waals surface area contributed by atoms with Crippen LogP contribution in [-0.2, 0) is 18.6 Å². The first-order valence-corrected chi connectivity index (χ1v) is 7.05. The Morgan fingerprint density at radius 1 is 1.37 bits per heavy atom. The largest absolute Gasteiger partial charge is 0.460 e. The molecule has 0 fully saturated rings. The number of hydrogen-bond donors (Lipinski definition) is 1. The van der Waals surface area contributed by atoms with Gasteiger partial charge in [-0.1, -0.05) is 24.8 Å². The summed E-state index contributed by atoms with van der Waals surface area (Å²) in [7, 11) is -2.38. The Hall–Kier alpha value is -1.42. The Bertz CT molecular complexity index is 457. The molecule has 1 rings (SSSR count). The number of carbonyl (C=O) groups is 1. The highest BCUT2D eigenvalue weighted by Gasteiger charge is 2.11. The van der Waals surface area contributed by atoms with Crippen LogP contribution < -0.4 is 5.30 Å². The van der Waals surface area contributed by atoms with Crippen LogP contribution in [-0.4, -0.2) is 30.4 Å². The van der Waals surface area contributed by atoms with Gasteiger partial charge in [-0.15, -0.1) is 0 Å². The van der Waals surface area contributed by atoms with E-state index in [1.54, 1.807) is 24.3 Å². The number of ether oxygens (including phenoxy) is 1. The third kappa shape index (κ3) is 5.83. The van der Waals surface area contributed by atoms with Crippen molar-refractivity contribution in [2.75, 3.05) is 13.2 Å². The molecule has 0 aliphatic heterocycles. The van der Waals surface area contributed by atoms with Crippen molar-refractivity contribution in [2.45, 2.75) is 13.0 Å². The molecule has 0 bridgehead atoms. The highest BCUT2D eigenvalue weighted by molar-refractivity contribution is 7.48. The Balaban J connectivity index is 2.31. The predicted octanol–water partition coefficient (Wildman–Crippen LogP) is 1.28. The highest BCUT2D eigenvalue weighted by Crippen LogP contribution is 2.21. The van der Waals surface area contributed by atoms with Crippen molar-refractivity contribution in [3.05, 3.63) is 42.5 Å². The molecule has 0 spiro atoms. The smallest absolute Gasteiger partial charge is 0.333 e. The van der Waals surface area contributed by atoms with Crippen LogP contribution in [0.15, 0.2) is 42.5 Å². The molecule has 0 aliphatic rings. The van der Waals surface area contributed by atoms with Gasteiger partial charge >= 0.3 is 5.97 Å². The molecule has 5 nitrogen and oxygen atoms in total. The van der Waals surface area contributed by atoms with Crippen molar-refractivity contribution in [1.82, 2.24) is 0 Å². The minimum absolute atomic E-state index is 0.157. The number of rotatable bonds is 7. The molecular weight excluding hydrogens is 267 g/mol. The molecule has 0 aromatic heterocycles. The Kier molecular flexibility index (Phi) is 6.50. The number of aliphatic hydroxyl groups is 1. The van der Waals surface area contributed by atoms with E-state index in [1.165, 1.54) is 6.92 Å². The lowest BCUT2D eigenvalue weighted by Crippen LogP contribution is -2.23. The normalized spacial score (nSPS) is 13.6. The minimum atomic E-state index is -2.38.